The van der Waals surface area contributed by atoms with Crippen LogP contribution in [0.1, 0.15) is 59.3 Å². The molecule has 0 aromatic rings. The molecule has 112 valence electrons. The Labute approximate surface area is 131 Å². The molecule has 19 heavy (non-hydrogen) atoms. The molecule has 2 heteroatoms. The van der Waals surface area contributed by atoms with Crippen molar-refractivity contribution in [3.63, 3.8) is 0 Å². The maximum absolute atomic E-state index is 5.12. The topological polar surface area (TPSA) is 0 Å². The Bertz CT molecular complexity index is 193. The van der Waals surface area contributed by atoms with Crippen molar-refractivity contribution in [1.29, 1.82) is 0 Å². The van der Waals surface area contributed by atoms with Crippen LogP contribution in [0.4, 0.5) is 0 Å². The Balaban J connectivity index is 0. The average Bonchev–Trinajstić information content (AvgIpc) is 2.38. The molecule has 0 aliphatic carbocycles. The summed E-state index contributed by atoms with van der Waals surface area (Å²) in [4.78, 5) is 0. The van der Waals surface area contributed by atoms with Crippen LogP contribution in [0.15, 0.2) is 0 Å². The zero-order valence-corrected chi connectivity index (χ0v) is 18.3. The molecular formula is C17H37SiSn+. The third-order valence-electron chi connectivity index (χ3n) is 3.08. The van der Waals surface area contributed by atoms with Crippen molar-refractivity contribution < 1.29 is 0 Å². The van der Waals surface area contributed by atoms with E-state index in [9.17, 15) is 0 Å². The number of terminal acetylenes is 1. The van der Waals surface area contributed by atoms with E-state index in [2.05, 4.69) is 46.0 Å². The minimum absolute atomic E-state index is 0.839. The fraction of sp³-hybridized carbons (Fsp3) is 0.882. The van der Waals surface area contributed by atoms with Crippen LogP contribution in [-0.4, -0.2) is 27.8 Å². The fourth-order valence-electron chi connectivity index (χ4n) is 1.66. The number of rotatable bonds is 9. The van der Waals surface area contributed by atoms with Gasteiger partial charge in [-0.15, -0.1) is 12.0 Å². The third-order valence-corrected chi connectivity index (χ3v) is 13.0. The second kappa shape index (κ2) is 15.0. The molecule has 0 nitrogen and oxygen atoms in total. The Hall–Kier alpha value is 0.576. The Morgan fingerprint density at radius 3 is 1.21 bits per heavy atom. The fourth-order valence-corrected chi connectivity index (χ4v) is 11.1. The van der Waals surface area contributed by atoms with Gasteiger partial charge in [0, 0.05) is 0 Å². The van der Waals surface area contributed by atoms with Crippen molar-refractivity contribution in [3.05, 3.63) is 0 Å². The summed E-state index contributed by atoms with van der Waals surface area (Å²) >= 11 is -0.839. The average molecular weight is 388 g/mol. The second-order valence-corrected chi connectivity index (χ2v) is 19.8. The molecule has 0 aromatic carbocycles. The molecule has 0 bridgehead atoms. The van der Waals surface area contributed by atoms with Gasteiger partial charge in [0.1, 0.15) is 8.07 Å². The standard InChI is InChI=1S/C5H10Si.3C4H9.Sn/c1-5-6(2,3)4;3*1-3-4-2;/h1H,2-4H3;3*1,3-4H2,2H3;/q;;;;+1. The first-order chi connectivity index (χ1) is 8.91. The molecule has 0 aromatic heterocycles. The van der Waals surface area contributed by atoms with Crippen LogP contribution < -0.4 is 0 Å². The van der Waals surface area contributed by atoms with Crippen molar-refractivity contribution in [2.45, 2.75) is 92.2 Å². The van der Waals surface area contributed by atoms with Crippen LogP contribution in [0.2, 0.25) is 33.0 Å². The number of hydrogen-bond donors (Lipinski definition) is 0. The van der Waals surface area contributed by atoms with Crippen LogP contribution in [0.3, 0.4) is 0 Å². The second-order valence-electron chi connectivity index (χ2n) is 6.45. The predicted molar refractivity (Wildman–Crippen MR) is 97.1 cm³/mol. The molecule has 0 spiro atoms. The van der Waals surface area contributed by atoms with Gasteiger partial charge in [0.05, 0.1) is 0 Å². The summed E-state index contributed by atoms with van der Waals surface area (Å²) in [5.41, 5.74) is 2.74. The summed E-state index contributed by atoms with van der Waals surface area (Å²) in [6, 6.07) is 0. The first-order valence-electron chi connectivity index (χ1n) is 8.22. The van der Waals surface area contributed by atoms with E-state index in [0.29, 0.717) is 0 Å². The van der Waals surface area contributed by atoms with Crippen molar-refractivity contribution in [3.8, 4) is 12.0 Å². The molecule has 0 rings (SSSR count). The Morgan fingerprint density at radius 1 is 0.789 bits per heavy atom. The summed E-state index contributed by atoms with van der Waals surface area (Å²) < 4.78 is 5.04. The van der Waals surface area contributed by atoms with Crippen molar-refractivity contribution in [1.82, 2.24) is 0 Å². The van der Waals surface area contributed by atoms with Gasteiger partial charge in [-0.2, -0.15) is 0 Å². The van der Waals surface area contributed by atoms with Crippen LogP contribution in [0.5, 0.6) is 0 Å². The monoisotopic (exact) mass is 389 g/mol. The Kier molecular flexibility index (Phi) is 17.2. The van der Waals surface area contributed by atoms with Crippen molar-refractivity contribution in [2.24, 2.45) is 0 Å². The Morgan fingerprint density at radius 2 is 1.05 bits per heavy atom. The third kappa shape index (κ3) is 21.0. The van der Waals surface area contributed by atoms with E-state index in [4.69, 9.17) is 6.42 Å². The van der Waals surface area contributed by atoms with Gasteiger partial charge in [0.25, 0.3) is 0 Å². The van der Waals surface area contributed by atoms with Gasteiger partial charge in [0.15, 0.2) is 0 Å². The number of unbranched alkanes of at least 4 members (excludes halogenated alkanes) is 3. The van der Waals surface area contributed by atoms with Crippen molar-refractivity contribution in [2.75, 3.05) is 0 Å². The van der Waals surface area contributed by atoms with Crippen molar-refractivity contribution >= 4 is 27.8 Å². The van der Waals surface area contributed by atoms with Gasteiger partial charge in [-0.25, -0.2) is 0 Å². The van der Waals surface area contributed by atoms with E-state index in [-0.39, 0.29) is 0 Å². The first-order valence-corrected chi connectivity index (χ1v) is 17.8. The molecule has 0 amide bonds. The summed E-state index contributed by atoms with van der Waals surface area (Å²) in [5, 5.41) is 0. The SMILES string of the molecule is C#C[Si](C)(C)C.CCC[CH2][Sn+]([CH2]CCC)[CH2]CCC. The molecular weight excluding hydrogens is 351 g/mol. The molecule has 0 saturated heterocycles. The molecule has 0 heterocycles. The number of hydrogen-bond acceptors (Lipinski definition) is 0. The summed E-state index contributed by atoms with van der Waals surface area (Å²) in [6.07, 6.45) is 14.0. The zero-order valence-electron chi connectivity index (χ0n) is 14.4. The van der Waals surface area contributed by atoms with E-state index in [0.717, 1.165) is 0 Å². The predicted octanol–water partition coefficient (Wildman–Crippen LogP) is 6.38. The van der Waals surface area contributed by atoms with Gasteiger partial charge in [-0.05, 0) is 0 Å². The van der Waals surface area contributed by atoms with Gasteiger partial charge >= 0.3 is 92.4 Å². The van der Waals surface area contributed by atoms with Crippen LogP contribution in [-0.2, 0) is 0 Å². The van der Waals surface area contributed by atoms with Gasteiger partial charge in [0.2, 0.25) is 0 Å². The molecule has 0 aliphatic rings. The molecule has 0 N–H and O–H groups in total. The molecule has 0 saturated carbocycles. The molecule has 0 aliphatic heterocycles. The van der Waals surface area contributed by atoms with Gasteiger partial charge < -0.3 is 0 Å². The van der Waals surface area contributed by atoms with E-state index in [1.807, 2.05) is 0 Å². The van der Waals surface area contributed by atoms with Gasteiger partial charge in [-0.1, -0.05) is 19.6 Å². The normalized spacial score (nSPS) is 10.4. The minimum atomic E-state index is -1.10. The molecule has 0 unspecified atom stereocenters. The summed E-state index contributed by atoms with van der Waals surface area (Å²) in [6.45, 7) is 13.4. The molecule has 0 fully saturated rings. The first kappa shape index (κ1) is 21.9. The van der Waals surface area contributed by atoms with Crippen LogP contribution in [0.25, 0.3) is 0 Å². The summed E-state index contributed by atoms with van der Waals surface area (Å²) in [7, 11) is -1.10. The van der Waals surface area contributed by atoms with Crippen LogP contribution >= 0.6 is 0 Å². The van der Waals surface area contributed by atoms with Gasteiger partial charge in [-0.3, -0.25) is 0 Å². The molecule has 0 radical (unpaired) electrons. The summed E-state index contributed by atoms with van der Waals surface area (Å²) in [5.74, 6) is 0. The van der Waals surface area contributed by atoms with E-state index >= 15 is 0 Å². The molecule has 0 atom stereocenters. The van der Waals surface area contributed by atoms with E-state index in [1.54, 1.807) is 13.3 Å². The maximum atomic E-state index is 5.12. The van der Waals surface area contributed by atoms with E-state index < -0.39 is 27.8 Å². The van der Waals surface area contributed by atoms with Crippen LogP contribution in [0, 0.1) is 12.0 Å². The zero-order chi connectivity index (χ0) is 15.1. The van der Waals surface area contributed by atoms with E-state index in [1.165, 1.54) is 38.5 Å². The quantitative estimate of drug-likeness (QED) is 0.318.